The summed E-state index contributed by atoms with van der Waals surface area (Å²) in [5.74, 6) is 0. The van der Waals surface area contributed by atoms with Crippen molar-refractivity contribution in [3.8, 4) is 0 Å². The minimum absolute atomic E-state index is 0.481. The van der Waals surface area contributed by atoms with Gasteiger partial charge in [0.25, 0.3) is 0 Å². The summed E-state index contributed by atoms with van der Waals surface area (Å²) < 4.78 is 0. The van der Waals surface area contributed by atoms with Crippen LogP contribution < -0.4 is 5.32 Å². The van der Waals surface area contributed by atoms with Crippen LogP contribution in [0.1, 0.15) is 44.9 Å². The molecule has 2 rings (SSSR count). The van der Waals surface area contributed by atoms with Crippen LogP contribution in [-0.4, -0.2) is 62.2 Å². The lowest BCUT2D eigenvalue weighted by Crippen LogP contribution is -2.57. The molecule has 1 saturated heterocycles. The van der Waals surface area contributed by atoms with E-state index in [1.165, 1.54) is 64.6 Å². The Hall–Kier alpha value is -0.120. The first-order valence-electron chi connectivity index (χ1n) is 7.72. The highest BCUT2D eigenvalue weighted by atomic mass is 15.2. The number of piperidine rings is 1. The summed E-state index contributed by atoms with van der Waals surface area (Å²) in [7, 11) is 6.79. The quantitative estimate of drug-likeness (QED) is 0.780. The fourth-order valence-electron chi connectivity index (χ4n) is 3.46. The first kappa shape index (κ1) is 14.3. The van der Waals surface area contributed by atoms with Crippen molar-refractivity contribution < 1.29 is 0 Å². The molecule has 1 atom stereocenters. The molecule has 3 nitrogen and oxygen atoms in total. The van der Waals surface area contributed by atoms with Gasteiger partial charge in [-0.1, -0.05) is 6.42 Å². The van der Waals surface area contributed by atoms with E-state index in [4.69, 9.17) is 0 Å². The van der Waals surface area contributed by atoms with Crippen LogP contribution in [0.2, 0.25) is 0 Å². The average Bonchev–Trinajstić information content (AvgIpc) is 2.32. The lowest BCUT2D eigenvalue weighted by Gasteiger charge is -2.49. The standard InChI is InChI=1S/C15H31N3/c1-17(2)15(9-6-10-15)13-18(3)12-8-14-7-4-5-11-16-14/h14,16H,4-13H2,1-3H3. The molecule has 0 bridgehead atoms. The number of hydrogen-bond acceptors (Lipinski definition) is 3. The Morgan fingerprint density at radius 1 is 1.11 bits per heavy atom. The molecular formula is C15H31N3. The SMILES string of the molecule is CN(CCC1CCCCN1)CC1(N(C)C)CCC1. The summed E-state index contributed by atoms with van der Waals surface area (Å²) in [5, 5.41) is 3.65. The van der Waals surface area contributed by atoms with Crippen LogP contribution in [0.4, 0.5) is 0 Å². The summed E-state index contributed by atoms with van der Waals surface area (Å²) in [6.45, 7) is 3.72. The van der Waals surface area contributed by atoms with E-state index in [0.29, 0.717) is 5.54 Å². The van der Waals surface area contributed by atoms with Gasteiger partial charge in [-0.15, -0.1) is 0 Å². The van der Waals surface area contributed by atoms with Crippen LogP contribution in [0.3, 0.4) is 0 Å². The fourth-order valence-corrected chi connectivity index (χ4v) is 3.46. The second kappa shape index (κ2) is 6.36. The van der Waals surface area contributed by atoms with E-state index in [2.05, 4.69) is 36.3 Å². The minimum Gasteiger partial charge on any atom is -0.314 e. The normalized spacial score (nSPS) is 27.5. The van der Waals surface area contributed by atoms with Gasteiger partial charge in [0.2, 0.25) is 0 Å². The number of nitrogens with one attached hydrogen (secondary N) is 1. The van der Waals surface area contributed by atoms with Gasteiger partial charge in [-0.3, -0.25) is 0 Å². The number of likely N-dealkylation sites (N-methyl/N-ethyl adjacent to an activating group) is 2. The minimum atomic E-state index is 0.481. The monoisotopic (exact) mass is 253 g/mol. The average molecular weight is 253 g/mol. The molecule has 2 aliphatic rings. The Balaban J connectivity index is 1.69. The molecule has 2 fully saturated rings. The van der Waals surface area contributed by atoms with Crippen molar-refractivity contribution in [2.24, 2.45) is 0 Å². The zero-order valence-electron chi connectivity index (χ0n) is 12.5. The van der Waals surface area contributed by atoms with Gasteiger partial charge in [0.05, 0.1) is 0 Å². The Bertz CT molecular complexity index is 242. The molecule has 0 aromatic rings. The third kappa shape index (κ3) is 3.46. The number of rotatable bonds is 6. The first-order valence-corrected chi connectivity index (χ1v) is 7.72. The molecule has 106 valence electrons. The van der Waals surface area contributed by atoms with Gasteiger partial charge in [0.15, 0.2) is 0 Å². The van der Waals surface area contributed by atoms with Crippen molar-refractivity contribution in [2.75, 3.05) is 40.8 Å². The van der Waals surface area contributed by atoms with Crippen molar-refractivity contribution in [1.82, 2.24) is 15.1 Å². The maximum atomic E-state index is 3.65. The third-order valence-corrected chi connectivity index (χ3v) is 5.07. The molecule has 0 amide bonds. The highest BCUT2D eigenvalue weighted by molar-refractivity contribution is 4.97. The predicted octanol–water partition coefficient (Wildman–Crippen LogP) is 1.93. The van der Waals surface area contributed by atoms with Crippen LogP contribution in [-0.2, 0) is 0 Å². The summed E-state index contributed by atoms with van der Waals surface area (Å²) in [6, 6.07) is 0.776. The van der Waals surface area contributed by atoms with Crippen molar-refractivity contribution in [1.29, 1.82) is 0 Å². The molecule has 0 radical (unpaired) electrons. The Labute approximate surface area is 113 Å². The van der Waals surface area contributed by atoms with E-state index < -0.39 is 0 Å². The predicted molar refractivity (Wildman–Crippen MR) is 78.0 cm³/mol. The summed E-state index contributed by atoms with van der Waals surface area (Å²) in [4.78, 5) is 5.00. The maximum Gasteiger partial charge on any atom is 0.0330 e. The van der Waals surface area contributed by atoms with Crippen molar-refractivity contribution in [3.63, 3.8) is 0 Å². The second-order valence-electron chi connectivity index (χ2n) is 6.65. The Morgan fingerprint density at radius 3 is 2.39 bits per heavy atom. The van der Waals surface area contributed by atoms with Gasteiger partial charge >= 0.3 is 0 Å². The molecule has 0 spiro atoms. The molecule has 18 heavy (non-hydrogen) atoms. The van der Waals surface area contributed by atoms with Crippen LogP contribution in [0.15, 0.2) is 0 Å². The van der Waals surface area contributed by atoms with E-state index in [-0.39, 0.29) is 0 Å². The molecule has 1 unspecified atom stereocenters. The van der Waals surface area contributed by atoms with Crippen LogP contribution in [0.25, 0.3) is 0 Å². The lowest BCUT2D eigenvalue weighted by atomic mass is 9.75. The van der Waals surface area contributed by atoms with E-state index >= 15 is 0 Å². The largest absolute Gasteiger partial charge is 0.314 e. The van der Waals surface area contributed by atoms with Gasteiger partial charge in [-0.25, -0.2) is 0 Å². The zero-order valence-corrected chi connectivity index (χ0v) is 12.5. The van der Waals surface area contributed by atoms with Crippen molar-refractivity contribution in [2.45, 2.75) is 56.5 Å². The van der Waals surface area contributed by atoms with Gasteiger partial charge in [-0.05, 0) is 72.8 Å². The van der Waals surface area contributed by atoms with Crippen LogP contribution in [0.5, 0.6) is 0 Å². The summed E-state index contributed by atoms with van der Waals surface area (Å²) in [5.41, 5.74) is 0.481. The van der Waals surface area contributed by atoms with E-state index in [9.17, 15) is 0 Å². The van der Waals surface area contributed by atoms with Crippen molar-refractivity contribution >= 4 is 0 Å². The Morgan fingerprint density at radius 2 is 1.89 bits per heavy atom. The first-order chi connectivity index (χ1) is 8.62. The lowest BCUT2D eigenvalue weighted by molar-refractivity contribution is 0.0268. The second-order valence-corrected chi connectivity index (χ2v) is 6.65. The smallest absolute Gasteiger partial charge is 0.0330 e. The van der Waals surface area contributed by atoms with E-state index in [1.54, 1.807) is 0 Å². The van der Waals surface area contributed by atoms with Gasteiger partial charge in [0.1, 0.15) is 0 Å². The fraction of sp³-hybridized carbons (Fsp3) is 1.00. The molecule has 1 N–H and O–H groups in total. The zero-order chi connectivity index (χ0) is 13.0. The number of nitrogens with zero attached hydrogens (tertiary/aromatic N) is 2. The highest BCUT2D eigenvalue weighted by Crippen LogP contribution is 2.36. The number of hydrogen-bond donors (Lipinski definition) is 1. The maximum absolute atomic E-state index is 3.65. The van der Waals surface area contributed by atoms with E-state index in [0.717, 1.165) is 6.04 Å². The van der Waals surface area contributed by atoms with Crippen molar-refractivity contribution in [3.05, 3.63) is 0 Å². The molecule has 0 aromatic heterocycles. The summed E-state index contributed by atoms with van der Waals surface area (Å²) in [6.07, 6.45) is 9.67. The molecule has 1 aliphatic carbocycles. The molecule has 1 saturated carbocycles. The van der Waals surface area contributed by atoms with Gasteiger partial charge in [0, 0.05) is 18.1 Å². The summed E-state index contributed by atoms with van der Waals surface area (Å²) >= 11 is 0. The highest BCUT2D eigenvalue weighted by Gasteiger charge is 2.39. The van der Waals surface area contributed by atoms with Gasteiger partial charge in [-0.2, -0.15) is 0 Å². The molecule has 1 heterocycles. The van der Waals surface area contributed by atoms with E-state index in [1.807, 2.05) is 0 Å². The van der Waals surface area contributed by atoms with Crippen LogP contribution in [0, 0.1) is 0 Å². The van der Waals surface area contributed by atoms with Gasteiger partial charge < -0.3 is 15.1 Å². The molecule has 1 aliphatic heterocycles. The molecular weight excluding hydrogens is 222 g/mol. The third-order valence-electron chi connectivity index (χ3n) is 5.07. The topological polar surface area (TPSA) is 18.5 Å². The molecule has 0 aromatic carbocycles. The molecule has 3 heteroatoms. The Kier molecular flexibility index (Phi) is 5.05. The van der Waals surface area contributed by atoms with Crippen LogP contribution >= 0.6 is 0 Å².